The molecule has 2 aromatic heterocycles. The van der Waals surface area contributed by atoms with E-state index in [1.54, 1.807) is 37.7 Å². The second kappa shape index (κ2) is 7.75. The van der Waals surface area contributed by atoms with E-state index in [9.17, 15) is 4.39 Å². The number of hydrogen-bond acceptors (Lipinski definition) is 6. The topological polar surface area (TPSA) is 70.0 Å². The van der Waals surface area contributed by atoms with Crippen molar-refractivity contribution < 1.29 is 13.9 Å². The van der Waals surface area contributed by atoms with Gasteiger partial charge in [0, 0.05) is 31.9 Å². The van der Waals surface area contributed by atoms with Crippen molar-refractivity contribution in [1.29, 1.82) is 0 Å². The third-order valence-corrected chi connectivity index (χ3v) is 4.59. The summed E-state index contributed by atoms with van der Waals surface area (Å²) in [5.74, 6) is 1.48. The number of halogens is 1. The Hall–Kier alpha value is -2.93. The molecule has 1 aromatic carbocycles. The number of ether oxygens (including phenoxy) is 2. The van der Waals surface area contributed by atoms with Crippen LogP contribution in [0.4, 0.5) is 4.39 Å². The zero-order chi connectivity index (χ0) is 18.6. The number of methoxy groups -OCH3 is 1. The highest BCUT2D eigenvalue weighted by atomic mass is 19.1. The summed E-state index contributed by atoms with van der Waals surface area (Å²) in [6.45, 7) is 0.754. The first-order valence-electron chi connectivity index (χ1n) is 8.77. The third-order valence-electron chi connectivity index (χ3n) is 4.59. The largest absolute Gasteiger partial charge is 0.488 e. The molecule has 0 radical (unpaired) electrons. The maximum atomic E-state index is 14.2. The Morgan fingerprint density at radius 1 is 0.963 bits per heavy atom. The number of nitrogens with zero attached hydrogens (tertiary/aromatic N) is 4. The lowest BCUT2D eigenvalue weighted by Gasteiger charge is -2.08. The molecule has 138 valence electrons. The van der Waals surface area contributed by atoms with Crippen LogP contribution in [0.3, 0.4) is 0 Å². The maximum Gasteiger partial charge on any atom is 0.197 e. The summed E-state index contributed by atoms with van der Waals surface area (Å²) in [7, 11) is 1.58. The van der Waals surface area contributed by atoms with Gasteiger partial charge in [-0.3, -0.25) is 0 Å². The molecule has 1 aliphatic carbocycles. The Morgan fingerprint density at radius 2 is 1.67 bits per heavy atom. The van der Waals surface area contributed by atoms with Crippen molar-refractivity contribution in [2.75, 3.05) is 20.3 Å². The molecule has 0 bridgehead atoms. The molecule has 3 aromatic rings. The first-order chi connectivity index (χ1) is 13.3. The van der Waals surface area contributed by atoms with Gasteiger partial charge in [0.2, 0.25) is 0 Å². The van der Waals surface area contributed by atoms with Gasteiger partial charge in [0.15, 0.2) is 23.2 Å². The highest BCUT2D eigenvalue weighted by Crippen LogP contribution is 2.54. The first kappa shape index (κ1) is 17.5. The maximum absolute atomic E-state index is 14.2. The lowest BCUT2D eigenvalue weighted by Crippen LogP contribution is -2.05. The Kier molecular flexibility index (Phi) is 5.02. The lowest BCUT2D eigenvalue weighted by molar-refractivity contribution is 0.144. The molecule has 0 saturated heterocycles. The van der Waals surface area contributed by atoms with Crippen LogP contribution in [0, 0.1) is 5.82 Å². The van der Waals surface area contributed by atoms with Gasteiger partial charge < -0.3 is 9.47 Å². The van der Waals surface area contributed by atoms with Crippen molar-refractivity contribution in [2.45, 2.75) is 18.3 Å². The normalized spacial score (nSPS) is 18.3. The Bertz CT molecular complexity index is 906. The highest BCUT2D eigenvalue weighted by Gasteiger charge is 2.40. The molecule has 7 heteroatoms. The number of aromatic nitrogens is 4. The van der Waals surface area contributed by atoms with Crippen LogP contribution < -0.4 is 4.74 Å². The van der Waals surface area contributed by atoms with Gasteiger partial charge in [-0.1, -0.05) is 6.07 Å². The van der Waals surface area contributed by atoms with E-state index in [1.165, 1.54) is 0 Å². The van der Waals surface area contributed by atoms with E-state index in [-0.39, 0.29) is 17.5 Å². The summed E-state index contributed by atoms with van der Waals surface area (Å²) in [6.07, 6.45) is 7.89. The fraction of sp³-hybridized carbons (Fsp3) is 0.300. The van der Waals surface area contributed by atoms with Crippen LogP contribution in [0.1, 0.15) is 29.4 Å². The number of benzene rings is 1. The fourth-order valence-corrected chi connectivity index (χ4v) is 3.09. The van der Waals surface area contributed by atoms with Gasteiger partial charge in [-0.05, 0) is 47.6 Å². The van der Waals surface area contributed by atoms with Gasteiger partial charge in [-0.25, -0.2) is 24.3 Å². The van der Waals surface area contributed by atoms with Gasteiger partial charge in [0.25, 0.3) is 0 Å². The molecule has 4 rings (SSSR count). The highest BCUT2D eigenvalue weighted by molar-refractivity contribution is 5.43. The predicted octanol–water partition coefficient (Wildman–Crippen LogP) is 3.37. The molecule has 27 heavy (non-hydrogen) atoms. The van der Waals surface area contributed by atoms with E-state index in [1.807, 2.05) is 18.5 Å². The van der Waals surface area contributed by atoms with Crippen LogP contribution in [0.25, 0.3) is 11.6 Å². The molecule has 1 aliphatic rings. The lowest BCUT2D eigenvalue weighted by atomic mass is 10.1. The Labute approximate surface area is 156 Å². The quantitative estimate of drug-likeness (QED) is 0.597. The standard InChI is InChI=1S/C20H19FN4O2/c1-26-7-8-27-18-4-3-13(9-17(18)21)15-10-16(15)14-11-24-20(25-12-14)19-22-5-2-6-23-19/h2-6,9,11-12,15-16H,7-8,10H2,1H3/t15-,16+/m1/s1. The summed E-state index contributed by atoms with van der Waals surface area (Å²) in [5, 5.41) is 0. The van der Waals surface area contributed by atoms with E-state index >= 15 is 0 Å². The van der Waals surface area contributed by atoms with Crippen LogP contribution in [0.15, 0.2) is 49.1 Å². The molecule has 2 heterocycles. The van der Waals surface area contributed by atoms with Gasteiger partial charge in [0.05, 0.1) is 6.61 Å². The van der Waals surface area contributed by atoms with Crippen molar-refractivity contribution >= 4 is 0 Å². The Balaban J connectivity index is 1.42. The second-order valence-electron chi connectivity index (χ2n) is 6.39. The third kappa shape index (κ3) is 3.93. The molecule has 1 fully saturated rings. The van der Waals surface area contributed by atoms with Crippen molar-refractivity contribution in [1.82, 2.24) is 19.9 Å². The van der Waals surface area contributed by atoms with Crippen molar-refractivity contribution in [3.8, 4) is 17.4 Å². The van der Waals surface area contributed by atoms with E-state index in [2.05, 4.69) is 19.9 Å². The van der Waals surface area contributed by atoms with Crippen LogP contribution >= 0.6 is 0 Å². The van der Waals surface area contributed by atoms with Crippen molar-refractivity contribution in [3.63, 3.8) is 0 Å². The molecule has 0 unspecified atom stereocenters. The minimum atomic E-state index is -0.345. The predicted molar refractivity (Wildman–Crippen MR) is 96.9 cm³/mol. The average Bonchev–Trinajstić information content (AvgIpc) is 3.51. The summed E-state index contributed by atoms with van der Waals surface area (Å²) in [6, 6.07) is 6.91. The first-order valence-corrected chi connectivity index (χ1v) is 8.77. The van der Waals surface area contributed by atoms with Gasteiger partial charge in [-0.15, -0.1) is 0 Å². The molecule has 1 saturated carbocycles. The summed E-state index contributed by atoms with van der Waals surface area (Å²) in [4.78, 5) is 17.0. The van der Waals surface area contributed by atoms with E-state index in [4.69, 9.17) is 9.47 Å². The molecule has 0 N–H and O–H groups in total. The zero-order valence-electron chi connectivity index (χ0n) is 14.9. The zero-order valence-corrected chi connectivity index (χ0v) is 14.9. The van der Waals surface area contributed by atoms with Crippen LogP contribution in [-0.4, -0.2) is 40.3 Å². The molecule has 0 amide bonds. The molecular formula is C20H19FN4O2. The molecule has 2 atom stereocenters. The van der Waals surface area contributed by atoms with Gasteiger partial charge in [-0.2, -0.15) is 0 Å². The smallest absolute Gasteiger partial charge is 0.197 e. The minimum absolute atomic E-state index is 0.253. The number of hydrogen-bond donors (Lipinski definition) is 0. The molecule has 0 aliphatic heterocycles. The molecule has 0 spiro atoms. The van der Waals surface area contributed by atoms with Crippen molar-refractivity contribution in [3.05, 3.63) is 66.0 Å². The van der Waals surface area contributed by atoms with Crippen LogP contribution in [0.2, 0.25) is 0 Å². The van der Waals surface area contributed by atoms with E-state index in [0.29, 0.717) is 30.8 Å². The summed E-state index contributed by atoms with van der Waals surface area (Å²) < 4.78 is 24.5. The van der Waals surface area contributed by atoms with Crippen LogP contribution in [-0.2, 0) is 4.74 Å². The van der Waals surface area contributed by atoms with Gasteiger partial charge >= 0.3 is 0 Å². The second-order valence-corrected chi connectivity index (χ2v) is 6.39. The summed E-state index contributed by atoms with van der Waals surface area (Å²) >= 11 is 0. The monoisotopic (exact) mass is 366 g/mol. The van der Waals surface area contributed by atoms with E-state index in [0.717, 1.165) is 17.5 Å². The Morgan fingerprint density at radius 3 is 2.37 bits per heavy atom. The minimum Gasteiger partial charge on any atom is -0.488 e. The summed E-state index contributed by atoms with van der Waals surface area (Å²) in [5.41, 5.74) is 2.01. The average molecular weight is 366 g/mol. The SMILES string of the molecule is COCCOc1ccc([C@H]2C[C@H]2c2cnc(-c3ncccn3)nc2)cc1F. The van der Waals surface area contributed by atoms with E-state index < -0.39 is 0 Å². The van der Waals surface area contributed by atoms with Crippen molar-refractivity contribution in [2.24, 2.45) is 0 Å². The number of rotatable bonds is 7. The molecular weight excluding hydrogens is 347 g/mol. The van der Waals surface area contributed by atoms with Crippen LogP contribution in [0.5, 0.6) is 5.75 Å². The van der Waals surface area contributed by atoms with Gasteiger partial charge in [0.1, 0.15) is 6.61 Å². The molecule has 6 nitrogen and oxygen atoms in total. The fourth-order valence-electron chi connectivity index (χ4n) is 3.09.